The van der Waals surface area contributed by atoms with E-state index in [0.717, 1.165) is 42.5 Å². The summed E-state index contributed by atoms with van der Waals surface area (Å²) in [4.78, 5) is 36.7. The first-order chi connectivity index (χ1) is 14.9. The fraction of sp³-hybridized carbons (Fsp3) is 0.458. The molecule has 0 radical (unpaired) electrons. The molecule has 0 bridgehead atoms. The van der Waals surface area contributed by atoms with Crippen LogP contribution in [0.5, 0.6) is 0 Å². The molecular formula is C24H29NO5S. The second-order valence-corrected chi connectivity index (χ2v) is 8.98. The van der Waals surface area contributed by atoms with Crippen LogP contribution >= 0.6 is 11.3 Å². The lowest BCUT2D eigenvalue weighted by Gasteiger charge is -2.38. The van der Waals surface area contributed by atoms with Crippen LogP contribution in [0.15, 0.2) is 30.3 Å². The van der Waals surface area contributed by atoms with Gasteiger partial charge in [0.1, 0.15) is 5.00 Å². The number of anilines is 1. The van der Waals surface area contributed by atoms with Gasteiger partial charge in [-0.25, -0.2) is 4.79 Å². The molecule has 1 N–H and O–H groups in total. The van der Waals surface area contributed by atoms with Crippen LogP contribution in [0.4, 0.5) is 5.00 Å². The molecule has 3 rings (SSSR count). The Morgan fingerprint density at radius 2 is 1.87 bits per heavy atom. The van der Waals surface area contributed by atoms with Gasteiger partial charge in [0.25, 0.3) is 0 Å². The summed E-state index contributed by atoms with van der Waals surface area (Å²) in [5.74, 6) is -0.859. The molecule has 2 aromatic rings. The van der Waals surface area contributed by atoms with Crippen LogP contribution in [-0.2, 0) is 37.3 Å². The fourth-order valence-electron chi connectivity index (χ4n) is 4.37. The van der Waals surface area contributed by atoms with E-state index in [0.29, 0.717) is 17.2 Å². The Labute approximate surface area is 186 Å². The Kier molecular flexibility index (Phi) is 7.49. The van der Waals surface area contributed by atoms with Crippen molar-refractivity contribution in [1.82, 2.24) is 0 Å². The molecule has 1 amide bonds. The number of fused-ring (bicyclic) bond motifs is 1. The molecule has 166 valence electrons. The zero-order chi connectivity index (χ0) is 22.4. The van der Waals surface area contributed by atoms with Crippen LogP contribution in [-0.4, -0.2) is 31.1 Å². The Morgan fingerprint density at radius 3 is 2.52 bits per heavy atom. The average molecular weight is 444 g/mol. The van der Waals surface area contributed by atoms with Gasteiger partial charge in [-0.2, -0.15) is 0 Å². The van der Waals surface area contributed by atoms with Crippen molar-refractivity contribution < 1.29 is 23.9 Å². The van der Waals surface area contributed by atoms with Gasteiger partial charge in [-0.15, -0.1) is 11.3 Å². The van der Waals surface area contributed by atoms with Crippen molar-refractivity contribution in [3.63, 3.8) is 0 Å². The smallest absolute Gasteiger partial charge is 0.341 e. The Hall–Kier alpha value is -2.67. The third-order valence-electron chi connectivity index (χ3n) is 5.70. The average Bonchev–Trinajstić information content (AvgIpc) is 3.08. The molecule has 1 aliphatic carbocycles. The highest BCUT2D eigenvalue weighted by Gasteiger charge is 2.39. The zero-order valence-electron chi connectivity index (χ0n) is 18.3. The van der Waals surface area contributed by atoms with Crippen molar-refractivity contribution in [2.75, 3.05) is 18.5 Å². The van der Waals surface area contributed by atoms with Crippen LogP contribution in [0, 0.1) is 0 Å². The number of ether oxygens (including phenoxy) is 2. The van der Waals surface area contributed by atoms with Crippen molar-refractivity contribution >= 4 is 34.2 Å². The molecule has 1 atom stereocenters. The standard InChI is InChI=1S/C24H29NO5S/c1-4-29-23(28)21-19-11-13-24(12-8-14-30-17(3)27,18-9-6-5-7-10-18)15-20(19)31-22(21)25-16(2)26/h5-7,9-10H,4,8,11-15H2,1-3H3,(H,25,26). The van der Waals surface area contributed by atoms with Crippen LogP contribution < -0.4 is 5.32 Å². The lowest BCUT2D eigenvalue weighted by Crippen LogP contribution is -2.33. The molecule has 0 spiro atoms. The molecule has 7 heteroatoms. The Morgan fingerprint density at radius 1 is 1.13 bits per heavy atom. The number of rotatable bonds is 8. The van der Waals surface area contributed by atoms with Gasteiger partial charge in [-0.3, -0.25) is 9.59 Å². The zero-order valence-corrected chi connectivity index (χ0v) is 19.1. The van der Waals surface area contributed by atoms with E-state index >= 15 is 0 Å². The molecule has 0 fully saturated rings. The first kappa shape index (κ1) is 23.0. The summed E-state index contributed by atoms with van der Waals surface area (Å²) in [6, 6.07) is 10.4. The summed E-state index contributed by atoms with van der Waals surface area (Å²) in [5.41, 5.74) is 2.62. The van der Waals surface area contributed by atoms with Gasteiger partial charge in [-0.05, 0) is 50.2 Å². The van der Waals surface area contributed by atoms with E-state index in [1.165, 1.54) is 30.7 Å². The van der Waals surface area contributed by atoms with Crippen LogP contribution in [0.1, 0.15) is 66.4 Å². The lowest BCUT2D eigenvalue weighted by atomic mass is 9.67. The summed E-state index contributed by atoms with van der Waals surface area (Å²) < 4.78 is 10.4. The minimum Gasteiger partial charge on any atom is -0.466 e. The van der Waals surface area contributed by atoms with E-state index in [1.807, 2.05) is 18.2 Å². The van der Waals surface area contributed by atoms with E-state index in [-0.39, 0.29) is 29.9 Å². The topological polar surface area (TPSA) is 81.7 Å². The van der Waals surface area contributed by atoms with Gasteiger partial charge < -0.3 is 14.8 Å². The minimum absolute atomic E-state index is 0.112. The summed E-state index contributed by atoms with van der Waals surface area (Å²) in [5, 5.41) is 3.39. The second kappa shape index (κ2) is 10.1. The molecule has 1 heterocycles. The molecule has 6 nitrogen and oxygen atoms in total. The first-order valence-electron chi connectivity index (χ1n) is 10.6. The van der Waals surface area contributed by atoms with Gasteiger partial charge in [0.2, 0.25) is 5.91 Å². The summed E-state index contributed by atoms with van der Waals surface area (Å²) in [6.45, 7) is 5.32. The van der Waals surface area contributed by atoms with Gasteiger partial charge in [0.15, 0.2) is 0 Å². The summed E-state index contributed by atoms with van der Waals surface area (Å²) in [7, 11) is 0. The molecule has 0 saturated heterocycles. The van der Waals surface area contributed by atoms with Gasteiger partial charge >= 0.3 is 11.9 Å². The van der Waals surface area contributed by atoms with Crippen LogP contribution in [0.25, 0.3) is 0 Å². The highest BCUT2D eigenvalue weighted by atomic mass is 32.1. The molecule has 1 aromatic heterocycles. The number of thiophene rings is 1. The van der Waals surface area contributed by atoms with E-state index in [2.05, 4.69) is 17.4 Å². The fourth-order valence-corrected chi connectivity index (χ4v) is 5.79. The quantitative estimate of drug-likeness (QED) is 0.474. The number of carbonyl (C=O) groups is 3. The molecule has 1 aliphatic rings. The second-order valence-electron chi connectivity index (χ2n) is 7.88. The highest BCUT2D eigenvalue weighted by molar-refractivity contribution is 7.17. The molecule has 31 heavy (non-hydrogen) atoms. The minimum atomic E-state index is -0.384. The van der Waals surface area contributed by atoms with Crippen LogP contribution in [0.2, 0.25) is 0 Å². The van der Waals surface area contributed by atoms with E-state index in [9.17, 15) is 14.4 Å². The lowest BCUT2D eigenvalue weighted by molar-refractivity contribution is -0.141. The third-order valence-corrected chi connectivity index (χ3v) is 6.85. The number of hydrogen-bond donors (Lipinski definition) is 1. The maximum Gasteiger partial charge on any atom is 0.341 e. The summed E-state index contributed by atoms with van der Waals surface area (Å²) in [6.07, 6.45) is 3.99. The predicted octanol–water partition coefficient (Wildman–Crippen LogP) is 4.65. The monoisotopic (exact) mass is 443 g/mol. The van der Waals surface area contributed by atoms with Crippen molar-refractivity contribution in [1.29, 1.82) is 0 Å². The number of benzene rings is 1. The number of amides is 1. The Balaban J connectivity index is 1.95. The number of carbonyl (C=O) groups excluding carboxylic acids is 3. The molecule has 0 saturated carbocycles. The maximum atomic E-state index is 12.7. The Bertz CT molecular complexity index is 952. The van der Waals surface area contributed by atoms with Gasteiger partial charge in [0, 0.05) is 24.1 Å². The predicted molar refractivity (Wildman–Crippen MR) is 121 cm³/mol. The van der Waals surface area contributed by atoms with Gasteiger partial charge in [0.05, 0.1) is 18.8 Å². The first-order valence-corrected chi connectivity index (χ1v) is 11.5. The van der Waals surface area contributed by atoms with Crippen molar-refractivity contribution in [2.45, 2.75) is 58.3 Å². The van der Waals surface area contributed by atoms with Crippen LogP contribution in [0.3, 0.4) is 0 Å². The van der Waals surface area contributed by atoms with Gasteiger partial charge in [-0.1, -0.05) is 30.3 Å². The molecule has 0 aliphatic heterocycles. The summed E-state index contributed by atoms with van der Waals surface area (Å²) >= 11 is 1.47. The maximum absolute atomic E-state index is 12.7. The number of hydrogen-bond acceptors (Lipinski definition) is 6. The third kappa shape index (κ3) is 5.34. The molecular weight excluding hydrogens is 414 g/mol. The van der Waals surface area contributed by atoms with Crippen molar-refractivity contribution in [3.8, 4) is 0 Å². The van der Waals surface area contributed by atoms with E-state index in [1.54, 1.807) is 6.92 Å². The largest absolute Gasteiger partial charge is 0.466 e. The van der Waals surface area contributed by atoms with E-state index in [4.69, 9.17) is 9.47 Å². The van der Waals surface area contributed by atoms with E-state index < -0.39 is 0 Å². The molecule has 1 aromatic carbocycles. The number of nitrogens with one attached hydrogen (secondary N) is 1. The normalized spacial score (nSPS) is 17.5. The molecule has 1 unspecified atom stereocenters. The SMILES string of the molecule is CCOC(=O)c1c(NC(C)=O)sc2c1CCC(CCCOC(C)=O)(c1ccccc1)C2. The van der Waals surface area contributed by atoms with Crippen molar-refractivity contribution in [3.05, 3.63) is 51.9 Å². The number of esters is 2. The highest BCUT2D eigenvalue weighted by Crippen LogP contribution is 2.47. The van der Waals surface area contributed by atoms with Crippen molar-refractivity contribution in [2.24, 2.45) is 0 Å².